The van der Waals surface area contributed by atoms with Crippen molar-refractivity contribution >= 4 is 11.8 Å². The summed E-state index contributed by atoms with van der Waals surface area (Å²) in [6, 6.07) is 11.5. The number of amides is 2. The number of hydrogen-bond donors (Lipinski definition) is 0. The zero-order valence-corrected chi connectivity index (χ0v) is 15.4. The molecule has 0 unspecified atom stereocenters. The molecule has 0 bridgehead atoms. The fourth-order valence-corrected chi connectivity index (χ4v) is 3.04. The zero-order chi connectivity index (χ0) is 19.9. The minimum Gasteiger partial charge on any atom is -0.493 e. The average Bonchev–Trinajstić information content (AvgIpc) is 2.71. The molecule has 1 saturated heterocycles. The van der Waals surface area contributed by atoms with Gasteiger partial charge >= 0.3 is 0 Å². The van der Waals surface area contributed by atoms with Gasteiger partial charge in [-0.25, -0.2) is 8.78 Å². The van der Waals surface area contributed by atoms with E-state index >= 15 is 0 Å². The Balaban J connectivity index is 1.39. The van der Waals surface area contributed by atoms with Crippen molar-refractivity contribution in [2.75, 3.05) is 32.8 Å². The van der Waals surface area contributed by atoms with Crippen LogP contribution in [0.4, 0.5) is 8.78 Å². The number of hydrogen-bond acceptors (Lipinski definition) is 3. The topological polar surface area (TPSA) is 49.9 Å². The molecule has 2 aromatic carbocycles. The van der Waals surface area contributed by atoms with E-state index in [1.165, 1.54) is 36.4 Å². The van der Waals surface area contributed by atoms with Gasteiger partial charge in [0.25, 0.3) is 0 Å². The lowest BCUT2D eigenvalue weighted by molar-refractivity contribution is -0.139. The molecule has 3 rings (SSSR count). The summed E-state index contributed by atoms with van der Waals surface area (Å²) in [7, 11) is 0. The van der Waals surface area contributed by atoms with E-state index in [1.54, 1.807) is 21.9 Å². The minimum absolute atomic E-state index is 0.0293. The first-order valence-corrected chi connectivity index (χ1v) is 9.19. The summed E-state index contributed by atoms with van der Waals surface area (Å²) in [6.45, 7) is 2.12. The Kier molecular flexibility index (Phi) is 6.57. The molecule has 0 N–H and O–H groups in total. The van der Waals surface area contributed by atoms with E-state index < -0.39 is 0 Å². The predicted molar refractivity (Wildman–Crippen MR) is 99.8 cm³/mol. The second-order valence-electron chi connectivity index (χ2n) is 6.62. The first-order valence-electron chi connectivity index (χ1n) is 9.19. The minimum atomic E-state index is -0.338. The van der Waals surface area contributed by atoms with E-state index in [4.69, 9.17) is 4.74 Å². The molecule has 0 radical (unpaired) electrons. The van der Waals surface area contributed by atoms with E-state index in [9.17, 15) is 18.4 Å². The number of nitrogens with zero attached hydrogens (tertiary/aromatic N) is 2. The zero-order valence-electron chi connectivity index (χ0n) is 15.4. The number of benzene rings is 2. The third-order valence-electron chi connectivity index (χ3n) is 4.65. The van der Waals surface area contributed by atoms with Crippen LogP contribution in [0.2, 0.25) is 0 Å². The van der Waals surface area contributed by atoms with Gasteiger partial charge in [0.1, 0.15) is 17.4 Å². The first kappa shape index (κ1) is 19.8. The van der Waals surface area contributed by atoms with Crippen molar-refractivity contribution in [3.63, 3.8) is 0 Å². The Morgan fingerprint density at radius 3 is 1.86 bits per heavy atom. The largest absolute Gasteiger partial charge is 0.493 e. The molecule has 2 aromatic rings. The Hall–Kier alpha value is -2.96. The lowest BCUT2D eigenvalue weighted by atomic mass is 10.1. The molecule has 0 spiro atoms. The summed E-state index contributed by atoms with van der Waals surface area (Å²) in [5, 5.41) is 0. The van der Waals surface area contributed by atoms with E-state index in [-0.39, 0.29) is 42.9 Å². The first-order chi connectivity index (χ1) is 13.5. The van der Waals surface area contributed by atoms with Gasteiger partial charge in [0.2, 0.25) is 11.8 Å². The molecule has 0 aliphatic carbocycles. The summed E-state index contributed by atoms with van der Waals surface area (Å²) in [5.74, 6) is -0.210. The molecule has 1 aliphatic rings. The van der Waals surface area contributed by atoms with Crippen molar-refractivity contribution in [3.05, 3.63) is 65.7 Å². The van der Waals surface area contributed by atoms with Crippen molar-refractivity contribution in [3.8, 4) is 5.75 Å². The quantitative estimate of drug-likeness (QED) is 0.765. The molecule has 0 atom stereocenters. The van der Waals surface area contributed by atoms with Crippen LogP contribution < -0.4 is 4.74 Å². The van der Waals surface area contributed by atoms with Crippen molar-refractivity contribution in [2.45, 2.75) is 12.8 Å². The number of carbonyl (C=O) groups excluding carboxylic acids is 2. The molecule has 0 aromatic heterocycles. The normalized spacial score (nSPS) is 14.1. The molecular formula is C21H22F2N2O3. The van der Waals surface area contributed by atoms with Gasteiger partial charge in [-0.2, -0.15) is 0 Å². The molecule has 1 fully saturated rings. The third-order valence-corrected chi connectivity index (χ3v) is 4.65. The van der Waals surface area contributed by atoms with Gasteiger partial charge in [-0.1, -0.05) is 12.1 Å². The monoisotopic (exact) mass is 388 g/mol. The maximum absolute atomic E-state index is 12.9. The summed E-state index contributed by atoms with van der Waals surface area (Å²) < 4.78 is 31.2. The number of halogens is 2. The van der Waals surface area contributed by atoms with Gasteiger partial charge in [-0.05, 0) is 42.0 Å². The van der Waals surface area contributed by atoms with E-state index in [0.29, 0.717) is 31.9 Å². The van der Waals surface area contributed by atoms with E-state index in [1.807, 2.05) is 0 Å². The molecule has 1 heterocycles. The summed E-state index contributed by atoms with van der Waals surface area (Å²) >= 11 is 0. The van der Waals surface area contributed by atoms with Crippen molar-refractivity contribution < 1.29 is 23.1 Å². The molecule has 7 heteroatoms. The van der Waals surface area contributed by atoms with Crippen LogP contribution in [0.15, 0.2) is 48.5 Å². The van der Waals surface area contributed by atoms with Crippen LogP contribution >= 0.6 is 0 Å². The summed E-state index contributed by atoms with van der Waals surface area (Å²) in [4.78, 5) is 28.1. The van der Waals surface area contributed by atoms with Gasteiger partial charge in [-0.3, -0.25) is 9.59 Å². The third kappa shape index (κ3) is 5.52. The van der Waals surface area contributed by atoms with Gasteiger partial charge in [0.05, 0.1) is 19.4 Å². The summed E-state index contributed by atoms with van der Waals surface area (Å²) in [6.07, 6.45) is 0.445. The van der Waals surface area contributed by atoms with Crippen LogP contribution in [0.25, 0.3) is 0 Å². The molecule has 2 amide bonds. The van der Waals surface area contributed by atoms with Gasteiger partial charge < -0.3 is 14.5 Å². The van der Waals surface area contributed by atoms with Crippen molar-refractivity contribution in [1.29, 1.82) is 0 Å². The lowest BCUT2D eigenvalue weighted by Gasteiger charge is -2.35. The number of rotatable bonds is 6. The van der Waals surface area contributed by atoms with Crippen LogP contribution in [0.1, 0.15) is 12.0 Å². The molecule has 5 nitrogen and oxygen atoms in total. The fraction of sp³-hybridized carbons (Fsp3) is 0.333. The lowest BCUT2D eigenvalue weighted by Crippen LogP contribution is -2.51. The van der Waals surface area contributed by atoms with Crippen LogP contribution in [0.3, 0.4) is 0 Å². The van der Waals surface area contributed by atoms with Crippen LogP contribution in [-0.4, -0.2) is 54.4 Å². The van der Waals surface area contributed by atoms with Gasteiger partial charge in [-0.15, -0.1) is 0 Å². The number of ether oxygens (including phenoxy) is 1. The van der Waals surface area contributed by atoms with Gasteiger partial charge in [0.15, 0.2) is 0 Å². The van der Waals surface area contributed by atoms with Crippen LogP contribution in [-0.2, 0) is 16.0 Å². The Bertz CT molecular complexity index is 801. The SMILES string of the molecule is O=C(CCOc1ccc(F)cc1)N1CCN(C(=O)Cc2ccc(F)cc2)CC1. The van der Waals surface area contributed by atoms with Crippen molar-refractivity contribution in [2.24, 2.45) is 0 Å². The molecule has 1 aliphatic heterocycles. The van der Waals surface area contributed by atoms with E-state index in [2.05, 4.69) is 0 Å². The highest BCUT2D eigenvalue weighted by molar-refractivity contribution is 5.80. The second-order valence-corrected chi connectivity index (χ2v) is 6.62. The smallest absolute Gasteiger partial charge is 0.227 e. The highest BCUT2D eigenvalue weighted by atomic mass is 19.1. The van der Waals surface area contributed by atoms with Crippen LogP contribution in [0.5, 0.6) is 5.75 Å². The maximum atomic E-state index is 12.9. The number of carbonyl (C=O) groups is 2. The molecule has 148 valence electrons. The fourth-order valence-electron chi connectivity index (χ4n) is 3.04. The molecular weight excluding hydrogens is 366 g/mol. The predicted octanol–water partition coefficient (Wildman–Crippen LogP) is 2.65. The van der Waals surface area contributed by atoms with Gasteiger partial charge in [0, 0.05) is 26.2 Å². The van der Waals surface area contributed by atoms with E-state index in [0.717, 1.165) is 5.56 Å². The average molecular weight is 388 g/mol. The highest BCUT2D eigenvalue weighted by Gasteiger charge is 2.24. The second kappa shape index (κ2) is 9.30. The highest BCUT2D eigenvalue weighted by Crippen LogP contribution is 2.12. The Morgan fingerprint density at radius 2 is 1.29 bits per heavy atom. The number of piperazine rings is 1. The van der Waals surface area contributed by atoms with Crippen molar-refractivity contribution in [1.82, 2.24) is 9.80 Å². The van der Waals surface area contributed by atoms with Crippen LogP contribution in [0, 0.1) is 11.6 Å². The molecule has 0 saturated carbocycles. The summed E-state index contributed by atoms with van der Waals surface area (Å²) in [5.41, 5.74) is 0.767. The maximum Gasteiger partial charge on any atom is 0.227 e. The Morgan fingerprint density at radius 1 is 0.786 bits per heavy atom. The standard InChI is InChI=1S/C21H22F2N2O3/c22-17-3-1-16(2-4-17)15-21(27)25-12-10-24(11-13-25)20(26)9-14-28-19-7-5-18(23)6-8-19/h1-8H,9-15H2. The Labute approximate surface area is 162 Å². The molecule has 28 heavy (non-hydrogen) atoms.